The van der Waals surface area contributed by atoms with Crippen molar-refractivity contribution in [2.75, 3.05) is 0 Å². The van der Waals surface area contributed by atoms with Crippen molar-refractivity contribution in [3.63, 3.8) is 0 Å². The van der Waals surface area contributed by atoms with E-state index in [1.807, 2.05) is 0 Å². The molecule has 0 atom stereocenters. The molecular weight excluding hydrogens is 330 g/mol. The molecule has 0 aromatic rings. The molecule has 0 spiro atoms. The fourth-order valence-electron chi connectivity index (χ4n) is 0. The van der Waals surface area contributed by atoms with Crippen molar-refractivity contribution in [2.45, 2.75) is 0 Å². The van der Waals surface area contributed by atoms with Crippen molar-refractivity contribution in [1.82, 2.24) is 0 Å². The van der Waals surface area contributed by atoms with Crippen molar-refractivity contribution in [2.24, 2.45) is 0 Å². The summed E-state index contributed by atoms with van der Waals surface area (Å²) >= 11 is 0. The van der Waals surface area contributed by atoms with Crippen molar-refractivity contribution in [3.05, 3.63) is 0 Å². The van der Waals surface area contributed by atoms with Gasteiger partial charge in [-0.1, -0.05) is 0 Å². The van der Waals surface area contributed by atoms with Crippen LogP contribution in [0.1, 0.15) is 0 Å². The van der Waals surface area contributed by atoms with E-state index < -0.39 is 20.8 Å². The van der Waals surface area contributed by atoms with Crippen molar-refractivity contribution >= 4 is 38.4 Å². The average molecular weight is 332 g/mol. The van der Waals surface area contributed by atoms with Crippen LogP contribution < -0.4 is 0 Å². The minimum Gasteiger partial charge on any atom is 2.00 e. The van der Waals surface area contributed by atoms with Crippen LogP contribution in [0.2, 0.25) is 0 Å². The Morgan fingerprint density at radius 1 is 0.667 bits per heavy atom. The molecule has 0 aliphatic heterocycles. The maximum absolute atomic E-state index is 8.52. The molecule has 0 radical (unpaired) electrons. The Balaban J connectivity index is -0.0000000457. The third-order valence-corrected chi connectivity index (χ3v) is 0. The van der Waals surface area contributed by atoms with Gasteiger partial charge in [-0.15, -0.1) is 0 Å². The molecule has 0 amide bonds. The van der Waals surface area contributed by atoms with E-state index in [1.54, 1.807) is 0 Å². The third-order valence-electron chi connectivity index (χ3n) is 0. The molecule has 0 aliphatic carbocycles. The fourth-order valence-corrected chi connectivity index (χ4v) is 0. The summed E-state index contributed by atoms with van der Waals surface area (Å²) in [6.07, 6.45) is 0. The Morgan fingerprint density at radius 3 is 0.667 bits per heavy atom. The van der Waals surface area contributed by atoms with E-state index in [4.69, 9.17) is 35.0 Å². The summed E-state index contributed by atoms with van der Waals surface area (Å²) in [6.45, 7) is 0. The molecule has 0 unspecified atom stereocenters. The summed E-state index contributed by atoms with van der Waals surface area (Å²) < 4.78 is 68.2. The Morgan fingerprint density at radius 2 is 0.667 bits per heavy atom. The summed E-state index contributed by atoms with van der Waals surface area (Å²) in [6, 6.07) is 0. The predicted octanol–water partition coefficient (Wildman–Crippen LogP) is -3.59. The maximum Gasteiger partial charge on any atom is 2.00 e. The zero-order chi connectivity index (χ0) is 9.00. The van der Waals surface area contributed by atoms with Gasteiger partial charge < -0.3 is 18.2 Å². The zero-order valence-corrected chi connectivity index (χ0v) is 13.1. The van der Waals surface area contributed by atoms with Gasteiger partial charge in [0.1, 0.15) is 0 Å². The minimum absolute atomic E-state index is 0. The molecule has 0 rings (SSSR count). The number of rotatable bonds is 0. The standard InChI is InChI=1S/GeH2.2H2O4S.Zn/c;2*1-5(2,3)4;/h1H2;2*(H2,1,2,3,4);/q+2;;;+2/p-4. The SMILES string of the molecule is O=S(=O)([O-])[O-].O=S(=O)([O-])[O-].[GeH2+2].[Zn+2]. The van der Waals surface area contributed by atoms with Gasteiger partial charge in [-0.2, -0.15) is 0 Å². The van der Waals surface area contributed by atoms with Gasteiger partial charge in [-0.05, 0) is 0 Å². The zero-order valence-electron chi connectivity index (χ0n) is 5.50. The molecule has 0 aliphatic rings. The molecule has 8 nitrogen and oxygen atoms in total. The van der Waals surface area contributed by atoms with Crippen LogP contribution >= 0.6 is 0 Å². The maximum atomic E-state index is 8.52. The van der Waals surface area contributed by atoms with Crippen LogP contribution in [-0.4, -0.2) is 52.6 Å². The van der Waals surface area contributed by atoms with Crippen LogP contribution in [0.5, 0.6) is 0 Å². The molecule has 0 heterocycles. The van der Waals surface area contributed by atoms with Gasteiger partial charge in [-0.25, -0.2) is 0 Å². The van der Waals surface area contributed by atoms with Crippen LogP contribution in [0.15, 0.2) is 0 Å². The Bertz CT molecular complexity index is 213. The molecule has 0 aromatic heterocycles. The summed E-state index contributed by atoms with van der Waals surface area (Å²) in [7, 11) is -10.3. The van der Waals surface area contributed by atoms with Gasteiger partial charge in [0, 0.05) is 20.8 Å². The smallest absolute Gasteiger partial charge is 2.00 e. The first-order chi connectivity index (χ1) is 4.00. The van der Waals surface area contributed by atoms with Crippen molar-refractivity contribution < 1.29 is 54.5 Å². The van der Waals surface area contributed by atoms with Gasteiger partial charge >= 0.3 is 37.1 Å². The Kier molecular flexibility index (Phi) is 16.3. The molecule has 12 heteroatoms. The molecule has 0 aromatic carbocycles. The molecule has 0 fully saturated rings. The predicted molar refractivity (Wildman–Crippen MR) is 29.5 cm³/mol. The summed E-state index contributed by atoms with van der Waals surface area (Å²) in [5, 5.41) is 0. The van der Waals surface area contributed by atoms with E-state index in [2.05, 4.69) is 0 Å². The molecule has 0 N–H and O–H groups in total. The van der Waals surface area contributed by atoms with Gasteiger partial charge in [0.15, 0.2) is 0 Å². The van der Waals surface area contributed by atoms with Gasteiger partial charge in [0.25, 0.3) is 0 Å². The van der Waals surface area contributed by atoms with Crippen LogP contribution in [-0.2, 0) is 40.3 Å². The van der Waals surface area contributed by atoms with Gasteiger partial charge in [0.05, 0.1) is 0 Å². The van der Waals surface area contributed by atoms with Gasteiger partial charge in [-0.3, -0.25) is 16.8 Å². The number of hydrogen-bond donors (Lipinski definition) is 0. The quantitative estimate of drug-likeness (QED) is 0.250. The Hall–Kier alpha value is 0.906. The summed E-state index contributed by atoms with van der Waals surface area (Å²) in [4.78, 5) is 0. The van der Waals surface area contributed by atoms with Gasteiger partial charge in [0.2, 0.25) is 0 Å². The molecule has 68 valence electrons. The molecule has 0 saturated carbocycles. The first kappa shape index (κ1) is 23.1. The van der Waals surface area contributed by atoms with E-state index in [9.17, 15) is 0 Å². The molecular formula is H2GeO8S2Zn. The first-order valence-electron chi connectivity index (χ1n) is 1.33. The molecule has 12 heavy (non-hydrogen) atoms. The van der Waals surface area contributed by atoms with Crippen LogP contribution in [0.25, 0.3) is 0 Å². The Labute approximate surface area is 92.6 Å². The summed E-state index contributed by atoms with van der Waals surface area (Å²) in [5.74, 6) is 0. The summed E-state index contributed by atoms with van der Waals surface area (Å²) in [5.41, 5.74) is 0. The van der Waals surface area contributed by atoms with E-state index in [0.717, 1.165) is 0 Å². The topological polar surface area (TPSA) is 161 Å². The van der Waals surface area contributed by atoms with Crippen molar-refractivity contribution in [1.29, 1.82) is 0 Å². The van der Waals surface area contributed by atoms with Crippen LogP contribution in [0.3, 0.4) is 0 Å². The average Bonchev–Trinajstić information content (AvgIpc) is 1.12. The van der Waals surface area contributed by atoms with E-state index in [0.29, 0.717) is 0 Å². The van der Waals surface area contributed by atoms with Crippen molar-refractivity contribution in [3.8, 4) is 0 Å². The molecule has 0 bridgehead atoms. The van der Waals surface area contributed by atoms with E-state index >= 15 is 0 Å². The normalized spacial score (nSPS) is 9.67. The first-order valence-corrected chi connectivity index (χ1v) is 4.00. The molecule has 0 saturated heterocycles. The van der Waals surface area contributed by atoms with E-state index in [-0.39, 0.29) is 37.1 Å². The largest absolute Gasteiger partial charge is 2.00 e. The monoisotopic (exact) mass is 332 g/mol. The number of hydrogen-bond acceptors (Lipinski definition) is 8. The van der Waals surface area contributed by atoms with Crippen LogP contribution in [0, 0.1) is 0 Å². The second kappa shape index (κ2) is 8.50. The fraction of sp³-hybridized carbons (Fsp3) is 0. The van der Waals surface area contributed by atoms with Crippen LogP contribution in [0.4, 0.5) is 0 Å². The third kappa shape index (κ3) is 1300. The minimum atomic E-state index is -5.17. The van der Waals surface area contributed by atoms with E-state index in [1.165, 1.54) is 0 Å². The second-order valence-electron chi connectivity index (χ2n) is 0.816. The second-order valence-corrected chi connectivity index (χ2v) is 2.45.